The van der Waals surface area contributed by atoms with Gasteiger partial charge in [0.2, 0.25) is 5.95 Å². The number of hydrogen-bond acceptors (Lipinski definition) is 4. The molecule has 5 heteroatoms. The Morgan fingerprint density at radius 1 is 0.404 bits per heavy atom. The van der Waals surface area contributed by atoms with Gasteiger partial charge in [0.25, 0.3) is 0 Å². The topological polar surface area (TPSA) is 43.6 Å². The minimum absolute atomic E-state index is 0.585. The first-order valence-electron chi connectivity index (χ1n) is 17.4. The van der Waals surface area contributed by atoms with Crippen LogP contribution in [0.1, 0.15) is 0 Å². The third kappa shape index (κ3) is 4.50. The Balaban J connectivity index is 1.25. The molecule has 52 heavy (non-hydrogen) atoms. The summed E-state index contributed by atoms with van der Waals surface area (Å²) < 4.78 is 4.85. The fourth-order valence-corrected chi connectivity index (χ4v) is 8.90. The Hall–Kier alpha value is -6.69. The van der Waals surface area contributed by atoms with Crippen LogP contribution in [0.15, 0.2) is 170 Å². The molecular formula is C47H28N4S. The van der Waals surface area contributed by atoms with Crippen LogP contribution < -0.4 is 0 Å². The van der Waals surface area contributed by atoms with E-state index in [2.05, 4.69) is 156 Å². The normalized spacial score (nSPS) is 11.8. The van der Waals surface area contributed by atoms with Crippen LogP contribution >= 0.6 is 11.3 Å². The van der Waals surface area contributed by atoms with E-state index >= 15 is 0 Å². The number of benzene rings is 8. The second-order valence-corrected chi connectivity index (χ2v) is 14.3. The minimum atomic E-state index is 0.585. The Bertz CT molecular complexity index is 3190. The Kier molecular flexibility index (Phi) is 6.39. The number of aromatic nitrogens is 4. The molecule has 11 aromatic rings. The van der Waals surface area contributed by atoms with Crippen LogP contribution in [0.25, 0.3) is 103 Å². The molecule has 0 spiro atoms. The van der Waals surface area contributed by atoms with E-state index in [1.54, 1.807) is 0 Å². The van der Waals surface area contributed by atoms with E-state index in [1.807, 2.05) is 29.5 Å². The smallest absolute Gasteiger partial charge is 0.238 e. The quantitative estimate of drug-likeness (QED) is 0.186. The van der Waals surface area contributed by atoms with E-state index in [9.17, 15) is 0 Å². The molecule has 0 N–H and O–H groups in total. The summed E-state index contributed by atoms with van der Waals surface area (Å²) in [5.41, 5.74) is 6.29. The molecule has 0 aliphatic heterocycles. The van der Waals surface area contributed by atoms with Crippen molar-refractivity contribution < 1.29 is 0 Å². The van der Waals surface area contributed by atoms with Gasteiger partial charge in [-0.3, -0.25) is 4.57 Å². The standard InChI is InChI=1S/C47H28N4S/c1-2-13-31(14-3-1)45-48-46(34-22-21-29-11-4-5-15-32(29)27-34)50-47(49-45)51-40-25-23-30-12-6-7-16-35(30)43(40)38-19-10-18-36(44(38)51)33-24-26-42-39(28-33)37-17-8-9-20-41(37)52-42/h1-28H. The van der Waals surface area contributed by atoms with Crippen LogP contribution in [-0.4, -0.2) is 19.5 Å². The molecule has 3 aromatic heterocycles. The third-order valence-corrected chi connectivity index (χ3v) is 11.4. The molecular weight excluding hydrogens is 653 g/mol. The molecule has 11 rings (SSSR count). The summed E-state index contributed by atoms with van der Waals surface area (Å²) in [7, 11) is 0. The number of nitrogens with zero attached hydrogens (tertiary/aromatic N) is 4. The molecule has 0 aliphatic carbocycles. The maximum atomic E-state index is 5.32. The number of rotatable bonds is 4. The van der Waals surface area contributed by atoms with E-state index < -0.39 is 0 Å². The van der Waals surface area contributed by atoms with Crippen molar-refractivity contribution in [3.63, 3.8) is 0 Å². The summed E-state index contributed by atoms with van der Waals surface area (Å²) in [5.74, 6) is 1.85. The first-order chi connectivity index (χ1) is 25.8. The number of fused-ring (bicyclic) bond motifs is 9. The van der Waals surface area contributed by atoms with Gasteiger partial charge in [-0.1, -0.05) is 140 Å². The fraction of sp³-hybridized carbons (Fsp3) is 0. The van der Waals surface area contributed by atoms with Crippen LogP contribution in [0, 0.1) is 0 Å². The molecule has 0 fully saturated rings. The van der Waals surface area contributed by atoms with Gasteiger partial charge in [0.05, 0.1) is 11.0 Å². The van der Waals surface area contributed by atoms with Gasteiger partial charge in [0, 0.05) is 47.6 Å². The monoisotopic (exact) mass is 680 g/mol. The number of thiophene rings is 1. The molecule has 8 aromatic carbocycles. The second-order valence-electron chi connectivity index (χ2n) is 13.2. The molecule has 0 radical (unpaired) electrons. The molecule has 0 aliphatic rings. The lowest BCUT2D eigenvalue weighted by Crippen LogP contribution is -2.07. The lowest BCUT2D eigenvalue weighted by atomic mass is 9.98. The summed E-state index contributed by atoms with van der Waals surface area (Å²) >= 11 is 1.84. The van der Waals surface area contributed by atoms with Crippen LogP contribution in [0.5, 0.6) is 0 Å². The van der Waals surface area contributed by atoms with Gasteiger partial charge in [-0.25, -0.2) is 4.98 Å². The van der Waals surface area contributed by atoms with Gasteiger partial charge in [-0.2, -0.15) is 9.97 Å². The molecule has 0 bridgehead atoms. The van der Waals surface area contributed by atoms with E-state index in [4.69, 9.17) is 15.0 Å². The van der Waals surface area contributed by atoms with E-state index in [0.717, 1.165) is 44.1 Å². The van der Waals surface area contributed by atoms with Gasteiger partial charge in [-0.15, -0.1) is 11.3 Å². The SMILES string of the molecule is c1ccc(-c2nc(-c3ccc4ccccc4c3)nc(-n3c4ccc5ccccc5c4c4cccc(-c5ccc6sc7ccccc7c6c5)c43)n2)cc1. The zero-order chi connectivity index (χ0) is 34.2. The van der Waals surface area contributed by atoms with Gasteiger partial charge in [-0.05, 0) is 57.4 Å². The summed E-state index contributed by atoms with van der Waals surface area (Å²) in [6.45, 7) is 0. The van der Waals surface area contributed by atoms with E-state index in [0.29, 0.717) is 17.6 Å². The van der Waals surface area contributed by atoms with Gasteiger partial charge < -0.3 is 0 Å². The van der Waals surface area contributed by atoms with Crippen molar-refractivity contribution in [3.8, 4) is 39.9 Å². The third-order valence-electron chi connectivity index (χ3n) is 10.2. The zero-order valence-electron chi connectivity index (χ0n) is 27.9. The Morgan fingerprint density at radius 2 is 1.08 bits per heavy atom. The Labute approximate surface area is 302 Å². The first kappa shape index (κ1) is 29.1. The van der Waals surface area contributed by atoms with E-state index in [1.165, 1.54) is 41.7 Å². The molecule has 0 atom stereocenters. The van der Waals surface area contributed by atoms with Crippen LogP contribution in [0.3, 0.4) is 0 Å². The highest BCUT2D eigenvalue weighted by Gasteiger charge is 2.22. The Morgan fingerprint density at radius 3 is 1.96 bits per heavy atom. The van der Waals surface area contributed by atoms with Crippen molar-refractivity contribution in [2.75, 3.05) is 0 Å². The van der Waals surface area contributed by atoms with Gasteiger partial charge in [0.1, 0.15) is 0 Å². The molecule has 0 saturated heterocycles. The van der Waals surface area contributed by atoms with E-state index in [-0.39, 0.29) is 0 Å². The summed E-state index contributed by atoms with van der Waals surface area (Å²) in [5, 5.41) is 9.62. The van der Waals surface area contributed by atoms with Crippen molar-refractivity contribution in [3.05, 3.63) is 170 Å². The van der Waals surface area contributed by atoms with Crippen molar-refractivity contribution in [2.24, 2.45) is 0 Å². The fourth-order valence-electron chi connectivity index (χ4n) is 7.81. The molecule has 3 heterocycles. The van der Waals surface area contributed by atoms with Crippen molar-refractivity contribution in [2.45, 2.75) is 0 Å². The zero-order valence-corrected chi connectivity index (χ0v) is 28.7. The first-order valence-corrected chi connectivity index (χ1v) is 18.3. The second kappa shape index (κ2) is 11.4. The number of hydrogen-bond donors (Lipinski definition) is 0. The van der Waals surface area contributed by atoms with Gasteiger partial charge in [0.15, 0.2) is 11.6 Å². The van der Waals surface area contributed by atoms with Crippen LogP contribution in [-0.2, 0) is 0 Å². The highest BCUT2D eigenvalue weighted by Crippen LogP contribution is 2.43. The largest absolute Gasteiger partial charge is 0.277 e. The predicted octanol–water partition coefficient (Wildman–Crippen LogP) is 12.6. The minimum Gasteiger partial charge on any atom is -0.277 e. The summed E-state index contributed by atoms with van der Waals surface area (Å²) in [6.07, 6.45) is 0. The predicted molar refractivity (Wildman–Crippen MR) is 218 cm³/mol. The summed E-state index contributed by atoms with van der Waals surface area (Å²) in [6, 6.07) is 60.3. The summed E-state index contributed by atoms with van der Waals surface area (Å²) in [4.78, 5) is 15.7. The molecule has 242 valence electrons. The van der Waals surface area contributed by atoms with Crippen LogP contribution in [0.4, 0.5) is 0 Å². The van der Waals surface area contributed by atoms with Crippen molar-refractivity contribution in [1.29, 1.82) is 0 Å². The highest BCUT2D eigenvalue weighted by molar-refractivity contribution is 7.25. The van der Waals surface area contributed by atoms with Crippen molar-refractivity contribution in [1.82, 2.24) is 19.5 Å². The highest BCUT2D eigenvalue weighted by atomic mass is 32.1. The maximum absolute atomic E-state index is 5.32. The van der Waals surface area contributed by atoms with Crippen LogP contribution in [0.2, 0.25) is 0 Å². The number of para-hydroxylation sites is 1. The lowest BCUT2D eigenvalue weighted by molar-refractivity contribution is 0.954. The molecule has 0 unspecified atom stereocenters. The van der Waals surface area contributed by atoms with Crippen molar-refractivity contribution >= 4 is 74.9 Å². The van der Waals surface area contributed by atoms with Gasteiger partial charge >= 0.3 is 0 Å². The average molecular weight is 681 g/mol. The lowest BCUT2D eigenvalue weighted by Gasteiger charge is -2.13. The molecule has 0 amide bonds. The average Bonchev–Trinajstić information content (AvgIpc) is 3.76. The molecule has 4 nitrogen and oxygen atoms in total. The molecule has 0 saturated carbocycles. The maximum Gasteiger partial charge on any atom is 0.238 e.